The van der Waals surface area contributed by atoms with E-state index in [2.05, 4.69) is 10.3 Å². The Labute approximate surface area is 169 Å². The number of carbonyl (C=O) groups is 1. The van der Waals surface area contributed by atoms with Crippen molar-refractivity contribution in [3.63, 3.8) is 0 Å². The van der Waals surface area contributed by atoms with Crippen molar-refractivity contribution < 1.29 is 22.7 Å². The van der Waals surface area contributed by atoms with Crippen LogP contribution in [-0.2, 0) is 11.0 Å². The summed E-state index contributed by atoms with van der Waals surface area (Å²) in [6, 6.07) is 12.2. The minimum Gasteiger partial charge on any atom is -0.497 e. The summed E-state index contributed by atoms with van der Waals surface area (Å²) in [5.41, 5.74) is 1.15. The van der Waals surface area contributed by atoms with Crippen molar-refractivity contribution in [3.8, 4) is 17.0 Å². The van der Waals surface area contributed by atoms with Crippen molar-refractivity contribution in [1.82, 2.24) is 4.98 Å². The molecule has 0 saturated carbocycles. The van der Waals surface area contributed by atoms with Gasteiger partial charge in [-0.05, 0) is 55.0 Å². The van der Waals surface area contributed by atoms with Crippen LogP contribution in [-0.4, -0.2) is 18.0 Å². The van der Waals surface area contributed by atoms with Gasteiger partial charge < -0.3 is 4.74 Å². The number of nitrogens with zero attached hydrogens (tertiary/aromatic N) is 1. The molecular formula is C21H17F3N2O2S. The fraction of sp³-hybridized carbons (Fsp3) is 0.143. The quantitative estimate of drug-likeness (QED) is 0.533. The summed E-state index contributed by atoms with van der Waals surface area (Å²) in [6.07, 6.45) is -1.92. The zero-order chi connectivity index (χ0) is 21.0. The Morgan fingerprint density at radius 2 is 1.90 bits per heavy atom. The summed E-state index contributed by atoms with van der Waals surface area (Å²) in [5.74, 6) is 0.257. The van der Waals surface area contributed by atoms with Gasteiger partial charge in [0.2, 0.25) is 5.91 Å². The molecule has 29 heavy (non-hydrogen) atoms. The molecule has 1 amide bonds. The maximum Gasteiger partial charge on any atom is 0.416 e. The summed E-state index contributed by atoms with van der Waals surface area (Å²) < 4.78 is 43.4. The Balaban J connectivity index is 1.70. The number of aromatic nitrogens is 1. The molecule has 0 aliphatic rings. The van der Waals surface area contributed by atoms with Crippen LogP contribution in [0, 0.1) is 6.92 Å². The molecular weight excluding hydrogens is 401 g/mol. The van der Waals surface area contributed by atoms with Crippen LogP contribution in [0.1, 0.15) is 16.0 Å². The summed E-state index contributed by atoms with van der Waals surface area (Å²) in [4.78, 5) is 17.5. The normalized spacial score (nSPS) is 11.6. The minimum absolute atomic E-state index is 0.282. The monoisotopic (exact) mass is 418 g/mol. The van der Waals surface area contributed by atoms with Crippen LogP contribution < -0.4 is 10.1 Å². The molecule has 0 radical (unpaired) electrons. The number of rotatable bonds is 5. The molecule has 3 rings (SSSR count). The molecule has 1 aromatic heterocycles. The molecule has 150 valence electrons. The number of methoxy groups -OCH3 is 1. The number of hydrogen-bond acceptors (Lipinski definition) is 4. The van der Waals surface area contributed by atoms with Crippen LogP contribution in [0.25, 0.3) is 17.3 Å². The molecule has 8 heteroatoms. The van der Waals surface area contributed by atoms with Gasteiger partial charge in [0.15, 0.2) is 5.13 Å². The van der Waals surface area contributed by atoms with Crippen LogP contribution in [0.5, 0.6) is 5.75 Å². The number of aryl methyl sites for hydroxylation is 1. The van der Waals surface area contributed by atoms with Crippen molar-refractivity contribution >= 4 is 28.5 Å². The molecule has 0 unspecified atom stereocenters. The average Bonchev–Trinajstić information content (AvgIpc) is 3.06. The first kappa shape index (κ1) is 20.6. The highest BCUT2D eigenvalue weighted by Crippen LogP contribution is 2.32. The smallest absolute Gasteiger partial charge is 0.416 e. The van der Waals surface area contributed by atoms with Gasteiger partial charge in [-0.25, -0.2) is 4.98 Å². The van der Waals surface area contributed by atoms with Gasteiger partial charge in [-0.3, -0.25) is 10.1 Å². The van der Waals surface area contributed by atoms with Gasteiger partial charge >= 0.3 is 6.18 Å². The highest BCUT2D eigenvalue weighted by Gasteiger charge is 2.30. The molecule has 0 fully saturated rings. The lowest BCUT2D eigenvalue weighted by atomic mass is 10.1. The maximum atomic E-state index is 12.8. The first-order chi connectivity index (χ1) is 13.8. The Bertz CT molecular complexity index is 1040. The third-order valence-electron chi connectivity index (χ3n) is 4.03. The van der Waals surface area contributed by atoms with Crippen molar-refractivity contribution in [2.45, 2.75) is 13.1 Å². The number of thiazole rings is 1. The molecule has 0 bridgehead atoms. The molecule has 0 saturated heterocycles. The van der Waals surface area contributed by atoms with E-state index in [9.17, 15) is 18.0 Å². The zero-order valence-corrected chi connectivity index (χ0v) is 16.4. The van der Waals surface area contributed by atoms with E-state index in [1.807, 2.05) is 31.2 Å². The standard InChI is InChI=1S/C21H17F3N2O2S/c1-13-19(15-7-9-17(28-2)10-8-15)26-20(29-13)25-18(27)11-6-14-4-3-5-16(12-14)21(22,23)24/h3-12H,1-2H3,(H,25,26,27). The first-order valence-electron chi connectivity index (χ1n) is 8.54. The van der Waals surface area contributed by atoms with E-state index in [-0.39, 0.29) is 5.56 Å². The van der Waals surface area contributed by atoms with Gasteiger partial charge in [0.1, 0.15) is 5.75 Å². The second-order valence-corrected chi connectivity index (χ2v) is 7.30. The highest BCUT2D eigenvalue weighted by atomic mass is 32.1. The van der Waals surface area contributed by atoms with E-state index < -0.39 is 17.6 Å². The van der Waals surface area contributed by atoms with E-state index in [1.54, 1.807) is 7.11 Å². The van der Waals surface area contributed by atoms with Gasteiger partial charge in [0.05, 0.1) is 18.4 Å². The molecule has 0 atom stereocenters. The zero-order valence-electron chi connectivity index (χ0n) is 15.6. The van der Waals surface area contributed by atoms with Crippen LogP contribution in [0.2, 0.25) is 0 Å². The van der Waals surface area contributed by atoms with Crippen LogP contribution in [0.4, 0.5) is 18.3 Å². The summed E-state index contributed by atoms with van der Waals surface area (Å²) >= 11 is 1.32. The van der Waals surface area contributed by atoms with Gasteiger partial charge in [-0.2, -0.15) is 13.2 Å². The first-order valence-corrected chi connectivity index (χ1v) is 9.36. The summed E-state index contributed by atoms with van der Waals surface area (Å²) in [6.45, 7) is 1.89. The van der Waals surface area contributed by atoms with Gasteiger partial charge in [0, 0.05) is 16.5 Å². The Hall–Kier alpha value is -3.13. The van der Waals surface area contributed by atoms with Gasteiger partial charge in [-0.1, -0.05) is 12.1 Å². The van der Waals surface area contributed by atoms with Crippen molar-refractivity contribution in [3.05, 3.63) is 70.6 Å². The number of ether oxygens (including phenoxy) is 1. The number of halogens is 3. The van der Waals surface area contributed by atoms with E-state index in [0.29, 0.717) is 5.13 Å². The van der Waals surface area contributed by atoms with E-state index in [1.165, 1.54) is 35.6 Å². The number of nitrogens with one attached hydrogen (secondary N) is 1. The molecule has 0 aliphatic heterocycles. The Morgan fingerprint density at radius 3 is 2.55 bits per heavy atom. The van der Waals surface area contributed by atoms with Crippen LogP contribution in [0.15, 0.2) is 54.6 Å². The number of benzene rings is 2. The topological polar surface area (TPSA) is 51.2 Å². The van der Waals surface area contributed by atoms with E-state index in [4.69, 9.17) is 4.74 Å². The third-order valence-corrected chi connectivity index (χ3v) is 4.92. The number of hydrogen-bond donors (Lipinski definition) is 1. The predicted octanol–water partition coefficient (Wildman–Crippen LogP) is 5.80. The lowest BCUT2D eigenvalue weighted by Gasteiger charge is -2.06. The third kappa shape index (κ3) is 5.23. The van der Waals surface area contributed by atoms with Gasteiger partial charge in [0.25, 0.3) is 0 Å². The second-order valence-electron chi connectivity index (χ2n) is 6.10. The van der Waals surface area contributed by atoms with E-state index >= 15 is 0 Å². The number of anilines is 1. The predicted molar refractivity (Wildman–Crippen MR) is 108 cm³/mol. The number of alkyl halides is 3. The minimum atomic E-state index is -4.43. The maximum absolute atomic E-state index is 12.8. The second kappa shape index (κ2) is 8.48. The van der Waals surface area contributed by atoms with Crippen LogP contribution >= 0.6 is 11.3 Å². The molecule has 1 N–H and O–H groups in total. The van der Waals surface area contributed by atoms with Crippen LogP contribution in [0.3, 0.4) is 0 Å². The van der Waals surface area contributed by atoms with E-state index in [0.717, 1.165) is 34.0 Å². The van der Waals surface area contributed by atoms with Gasteiger partial charge in [-0.15, -0.1) is 11.3 Å². The lowest BCUT2D eigenvalue weighted by molar-refractivity contribution is -0.137. The number of amides is 1. The fourth-order valence-electron chi connectivity index (χ4n) is 2.60. The van der Waals surface area contributed by atoms with Crippen molar-refractivity contribution in [2.75, 3.05) is 12.4 Å². The largest absolute Gasteiger partial charge is 0.497 e. The fourth-order valence-corrected chi connectivity index (χ4v) is 3.44. The Kier molecular flexibility index (Phi) is 6.03. The molecule has 4 nitrogen and oxygen atoms in total. The molecule has 1 heterocycles. The van der Waals surface area contributed by atoms with Crippen molar-refractivity contribution in [2.24, 2.45) is 0 Å². The van der Waals surface area contributed by atoms with Crippen molar-refractivity contribution in [1.29, 1.82) is 0 Å². The molecule has 3 aromatic rings. The Morgan fingerprint density at radius 1 is 1.17 bits per heavy atom. The summed E-state index contributed by atoms with van der Waals surface area (Å²) in [7, 11) is 1.59. The molecule has 0 spiro atoms. The number of carbonyl (C=O) groups excluding carboxylic acids is 1. The molecule has 2 aromatic carbocycles. The average molecular weight is 418 g/mol. The lowest BCUT2D eigenvalue weighted by Crippen LogP contribution is -2.07. The highest BCUT2D eigenvalue weighted by molar-refractivity contribution is 7.16. The molecule has 0 aliphatic carbocycles. The summed E-state index contributed by atoms with van der Waals surface area (Å²) in [5, 5.41) is 3.05. The SMILES string of the molecule is COc1ccc(-c2nc(NC(=O)C=Cc3cccc(C(F)(F)F)c3)sc2C)cc1.